The van der Waals surface area contributed by atoms with E-state index in [4.69, 9.17) is 32.7 Å². The molecule has 0 aliphatic rings. The lowest BCUT2D eigenvalue weighted by Gasteiger charge is -2.19. The summed E-state index contributed by atoms with van der Waals surface area (Å²) in [5.74, 6) is -0.396. The third-order valence-corrected chi connectivity index (χ3v) is 4.02. The smallest absolute Gasteiger partial charge is 0.323 e. The number of rotatable bonds is 8. The molecule has 0 atom stereocenters. The van der Waals surface area contributed by atoms with Crippen LogP contribution in [0.2, 0.25) is 10.0 Å². The summed E-state index contributed by atoms with van der Waals surface area (Å²) < 4.78 is 5.64. The highest BCUT2D eigenvalue weighted by Crippen LogP contribution is 2.30. The minimum absolute atomic E-state index is 0.127. The number of hydrogen-bond acceptors (Lipinski definition) is 4. The Morgan fingerprint density at radius 3 is 2.72 bits per heavy atom. The number of aromatic nitrogens is 1. The number of aryl methyl sites for hydroxylation is 1. The van der Waals surface area contributed by atoms with Gasteiger partial charge >= 0.3 is 5.97 Å². The van der Waals surface area contributed by atoms with Crippen LogP contribution in [0.1, 0.15) is 25.7 Å². The van der Waals surface area contributed by atoms with Crippen LogP contribution in [-0.4, -0.2) is 40.0 Å². The first kappa shape index (κ1) is 19.3. The third kappa shape index (κ3) is 5.47. The van der Waals surface area contributed by atoms with Gasteiger partial charge in [0.15, 0.2) is 11.7 Å². The number of hydrogen-bond donors (Lipinski definition) is 1. The van der Waals surface area contributed by atoms with Crippen LogP contribution in [0.5, 0.6) is 0 Å². The van der Waals surface area contributed by atoms with Crippen LogP contribution < -0.4 is 0 Å². The van der Waals surface area contributed by atoms with Crippen molar-refractivity contribution < 1.29 is 19.1 Å². The highest BCUT2D eigenvalue weighted by molar-refractivity contribution is 6.36. The Morgan fingerprint density at radius 1 is 1.32 bits per heavy atom. The zero-order valence-corrected chi connectivity index (χ0v) is 15.2. The van der Waals surface area contributed by atoms with Crippen molar-refractivity contribution in [3.8, 4) is 11.3 Å². The molecule has 25 heavy (non-hydrogen) atoms. The van der Waals surface area contributed by atoms with Crippen molar-refractivity contribution in [1.29, 1.82) is 0 Å². The van der Waals surface area contributed by atoms with Crippen LogP contribution in [0.4, 0.5) is 0 Å². The summed E-state index contributed by atoms with van der Waals surface area (Å²) in [6.45, 7) is 1.99. The fourth-order valence-electron chi connectivity index (χ4n) is 2.34. The second-order valence-corrected chi connectivity index (χ2v) is 6.30. The molecule has 134 valence electrons. The number of benzene rings is 1. The van der Waals surface area contributed by atoms with Crippen LogP contribution in [0.3, 0.4) is 0 Å². The topological polar surface area (TPSA) is 83.6 Å². The van der Waals surface area contributed by atoms with Gasteiger partial charge in [-0.05, 0) is 24.6 Å². The zero-order valence-electron chi connectivity index (χ0n) is 13.7. The fourth-order valence-corrected chi connectivity index (χ4v) is 2.84. The molecule has 0 fully saturated rings. The fraction of sp³-hybridized carbons (Fsp3) is 0.353. The molecule has 1 amide bonds. The maximum Gasteiger partial charge on any atom is 0.323 e. The van der Waals surface area contributed by atoms with E-state index in [1.807, 2.05) is 6.92 Å². The first-order valence-electron chi connectivity index (χ1n) is 7.80. The predicted octanol–water partition coefficient (Wildman–Crippen LogP) is 3.90. The Kier molecular flexibility index (Phi) is 6.84. The van der Waals surface area contributed by atoms with E-state index in [-0.39, 0.29) is 25.3 Å². The molecule has 0 saturated heterocycles. The number of amides is 1. The van der Waals surface area contributed by atoms with Gasteiger partial charge in [0.2, 0.25) is 5.91 Å². The summed E-state index contributed by atoms with van der Waals surface area (Å²) in [5.41, 5.74) is 0.662. The number of aliphatic carboxylic acids is 1. The molecule has 1 aromatic heterocycles. The number of carbonyl (C=O) groups is 2. The predicted molar refractivity (Wildman–Crippen MR) is 94.8 cm³/mol. The normalized spacial score (nSPS) is 10.7. The van der Waals surface area contributed by atoms with E-state index in [1.165, 1.54) is 11.1 Å². The molecule has 6 nitrogen and oxygen atoms in total. The molecule has 0 bridgehead atoms. The molecular weight excluding hydrogens is 367 g/mol. The molecule has 0 spiro atoms. The van der Waals surface area contributed by atoms with Crippen molar-refractivity contribution in [2.45, 2.75) is 26.2 Å². The second kappa shape index (κ2) is 8.87. The molecule has 1 aromatic carbocycles. The zero-order chi connectivity index (χ0) is 18.4. The molecule has 0 aliphatic carbocycles. The average molecular weight is 385 g/mol. The summed E-state index contributed by atoms with van der Waals surface area (Å²) in [6, 6.07) is 5.04. The van der Waals surface area contributed by atoms with E-state index in [1.54, 1.807) is 18.2 Å². The summed E-state index contributed by atoms with van der Waals surface area (Å²) in [7, 11) is 0. The van der Waals surface area contributed by atoms with E-state index in [2.05, 4.69) is 4.98 Å². The summed E-state index contributed by atoms with van der Waals surface area (Å²) in [5, 5.41) is 9.84. The molecule has 0 saturated carbocycles. The highest BCUT2D eigenvalue weighted by Gasteiger charge is 2.17. The Balaban J connectivity index is 2.01. The number of carboxylic acid groups (broad SMARTS) is 1. The maximum absolute atomic E-state index is 12.2. The molecule has 0 aliphatic heterocycles. The van der Waals surface area contributed by atoms with Gasteiger partial charge in [-0.25, -0.2) is 4.98 Å². The standard InChI is InChI=1S/C17H18Cl2N2O4/c1-2-7-21(10-17(23)24)16(22)6-5-15-20-9-14(25-15)12-4-3-11(18)8-13(12)19/h3-4,8-9H,2,5-7,10H2,1H3,(H,23,24). The van der Waals surface area contributed by atoms with Gasteiger partial charge in [0, 0.05) is 30.0 Å². The number of nitrogens with zero attached hydrogens (tertiary/aromatic N) is 2. The van der Waals surface area contributed by atoms with Crippen LogP contribution >= 0.6 is 23.2 Å². The van der Waals surface area contributed by atoms with Crippen molar-refractivity contribution in [3.63, 3.8) is 0 Å². The molecule has 0 unspecified atom stereocenters. The highest BCUT2D eigenvalue weighted by atomic mass is 35.5. The van der Waals surface area contributed by atoms with E-state index in [0.717, 1.165) is 0 Å². The van der Waals surface area contributed by atoms with Gasteiger partial charge in [-0.1, -0.05) is 30.1 Å². The number of carboxylic acids is 1. The monoisotopic (exact) mass is 384 g/mol. The van der Waals surface area contributed by atoms with Crippen LogP contribution in [-0.2, 0) is 16.0 Å². The summed E-state index contributed by atoms with van der Waals surface area (Å²) in [6.07, 6.45) is 2.64. The van der Waals surface area contributed by atoms with Crippen molar-refractivity contribution in [2.24, 2.45) is 0 Å². The van der Waals surface area contributed by atoms with Crippen molar-refractivity contribution in [3.05, 3.63) is 40.3 Å². The van der Waals surface area contributed by atoms with Gasteiger partial charge in [-0.3, -0.25) is 9.59 Å². The lowest BCUT2D eigenvalue weighted by molar-refractivity contribution is -0.144. The largest absolute Gasteiger partial charge is 0.480 e. The Bertz CT molecular complexity index is 761. The van der Waals surface area contributed by atoms with Crippen LogP contribution in [0, 0.1) is 0 Å². The van der Waals surface area contributed by atoms with E-state index in [0.29, 0.717) is 40.2 Å². The second-order valence-electron chi connectivity index (χ2n) is 5.45. The Hall–Kier alpha value is -2.05. The first-order chi connectivity index (χ1) is 11.9. The van der Waals surface area contributed by atoms with Gasteiger partial charge in [0.05, 0.1) is 11.2 Å². The van der Waals surface area contributed by atoms with Gasteiger partial charge < -0.3 is 14.4 Å². The van der Waals surface area contributed by atoms with E-state index in [9.17, 15) is 9.59 Å². The van der Waals surface area contributed by atoms with Crippen molar-refractivity contribution >= 4 is 35.1 Å². The van der Waals surface area contributed by atoms with Crippen LogP contribution in [0.15, 0.2) is 28.8 Å². The van der Waals surface area contributed by atoms with Crippen LogP contribution in [0.25, 0.3) is 11.3 Å². The SMILES string of the molecule is CCCN(CC(=O)O)C(=O)CCc1ncc(-c2ccc(Cl)cc2Cl)o1. The molecular formula is C17H18Cl2N2O4. The minimum Gasteiger partial charge on any atom is -0.480 e. The molecule has 8 heteroatoms. The van der Waals surface area contributed by atoms with Crippen molar-refractivity contribution in [1.82, 2.24) is 9.88 Å². The van der Waals surface area contributed by atoms with Gasteiger partial charge in [0.25, 0.3) is 0 Å². The molecule has 2 rings (SSSR count). The number of oxazole rings is 1. The van der Waals surface area contributed by atoms with Crippen molar-refractivity contribution in [2.75, 3.05) is 13.1 Å². The van der Waals surface area contributed by atoms with Gasteiger partial charge in [-0.2, -0.15) is 0 Å². The summed E-state index contributed by atoms with van der Waals surface area (Å²) in [4.78, 5) is 28.5. The minimum atomic E-state index is -1.03. The Labute approximate surface area is 155 Å². The molecule has 1 N–H and O–H groups in total. The van der Waals surface area contributed by atoms with E-state index >= 15 is 0 Å². The maximum atomic E-state index is 12.2. The number of halogens is 2. The average Bonchev–Trinajstić information content (AvgIpc) is 3.00. The lowest BCUT2D eigenvalue weighted by atomic mass is 10.2. The Morgan fingerprint density at radius 2 is 2.08 bits per heavy atom. The van der Waals surface area contributed by atoms with Gasteiger partial charge in [-0.15, -0.1) is 0 Å². The first-order valence-corrected chi connectivity index (χ1v) is 8.56. The summed E-state index contributed by atoms with van der Waals surface area (Å²) >= 11 is 12.0. The molecule has 2 aromatic rings. The van der Waals surface area contributed by atoms with E-state index < -0.39 is 5.97 Å². The lowest BCUT2D eigenvalue weighted by Crippen LogP contribution is -2.36. The quantitative estimate of drug-likeness (QED) is 0.745. The third-order valence-electron chi connectivity index (χ3n) is 3.48. The molecule has 1 heterocycles. The number of carbonyl (C=O) groups excluding carboxylic acids is 1. The molecule has 0 radical (unpaired) electrons. The van der Waals surface area contributed by atoms with Gasteiger partial charge in [0.1, 0.15) is 6.54 Å².